The summed E-state index contributed by atoms with van der Waals surface area (Å²) >= 11 is 0. The lowest BCUT2D eigenvalue weighted by atomic mass is 10.0. The number of amides is 1. The van der Waals surface area contributed by atoms with Crippen LogP contribution in [0.15, 0.2) is 59.8 Å². The molecule has 1 aliphatic rings. The van der Waals surface area contributed by atoms with Crippen molar-refractivity contribution in [3.63, 3.8) is 0 Å². The Morgan fingerprint density at radius 3 is 2.26 bits per heavy atom. The molecule has 2 aromatic rings. The SMILES string of the molecule is COC(=O)C1=C(Nc2ccc(-c3ccc(C)cc3)cc2)C(=O)N(CCO)C1. The van der Waals surface area contributed by atoms with Crippen molar-refractivity contribution in [1.82, 2.24) is 4.90 Å². The summed E-state index contributed by atoms with van der Waals surface area (Å²) in [5.41, 5.74) is 4.51. The zero-order chi connectivity index (χ0) is 19.4. The summed E-state index contributed by atoms with van der Waals surface area (Å²) in [4.78, 5) is 26.0. The number of hydrogen-bond donors (Lipinski definition) is 2. The highest BCUT2D eigenvalue weighted by Crippen LogP contribution is 2.25. The van der Waals surface area contributed by atoms with Crippen LogP contribution >= 0.6 is 0 Å². The second-order valence-corrected chi connectivity index (χ2v) is 6.36. The number of aliphatic hydroxyl groups excluding tert-OH is 1. The van der Waals surface area contributed by atoms with Crippen LogP contribution in [0.4, 0.5) is 5.69 Å². The Kier molecular flexibility index (Phi) is 5.57. The molecule has 140 valence electrons. The molecule has 1 heterocycles. The zero-order valence-electron chi connectivity index (χ0n) is 15.4. The monoisotopic (exact) mass is 366 g/mol. The summed E-state index contributed by atoms with van der Waals surface area (Å²) < 4.78 is 4.79. The van der Waals surface area contributed by atoms with Gasteiger partial charge in [0, 0.05) is 12.2 Å². The quantitative estimate of drug-likeness (QED) is 0.767. The molecule has 1 amide bonds. The van der Waals surface area contributed by atoms with Crippen molar-refractivity contribution in [2.45, 2.75) is 6.92 Å². The number of ether oxygens (including phenoxy) is 1. The first-order chi connectivity index (χ1) is 13.0. The van der Waals surface area contributed by atoms with Gasteiger partial charge in [-0.05, 0) is 30.2 Å². The third-order valence-corrected chi connectivity index (χ3v) is 4.49. The van der Waals surface area contributed by atoms with E-state index in [2.05, 4.69) is 29.6 Å². The van der Waals surface area contributed by atoms with Crippen LogP contribution < -0.4 is 5.32 Å². The van der Waals surface area contributed by atoms with Crippen molar-refractivity contribution >= 4 is 17.6 Å². The highest BCUT2D eigenvalue weighted by molar-refractivity contribution is 6.08. The molecule has 6 nitrogen and oxygen atoms in total. The molecule has 27 heavy (non-hydrogen) atoms. The molecule has 0 unspecified atom stereocenters. The Bertz CT molecular complexity index is 870. The van der Waals surface area contributed by atoms with Crippen LogP contribution in [0.5, 0.6) is 0 Å². The molecule has 6 heteroatoms. The predicted octanol–water partition coefficient (Wildman–Crippen LogP) is 2.34. The molecule has 0 aliphatic carbocycles. The molecule has 0 bridgehead atoms. The van der Waals surface area contributed by atoms with Crippen LogP contribution in [0, 0.1) is 6.92 Å². The van der Waals surface area contributed by atoms with Gasteiger partial charge in [-0.3, -0.25) is 4.79 Å². The number of β-amino-alcohol motifs (C(OH)–C–C–N with tert-alkyl or cyclic N) is 1. The Labute approximate surface area is 158 Å². The summed E-state index contributed by atoms with van der Waals surface area (Å²) in [5.74, 6) is -0.880. The molecule has 0 radical (unpaired) electrons. The molecule has 0 aromatic heterocycles. The number of rotatable bonds is 6. The molecule has 2 aromatic carbocycles. The van der Waals surface area contributed by atoms with Gasteiger partial charge < -0.3 is 20.1 Å². The van der Waals surface area contributed by atoms with Gasteiger partial charge in [-0.25, -0.2) is 4.79 Å². The van der Waals surface area contributed by atoms with Crippen molar-refractivity contribution in [2.24, 2.45) is 0 Å². The maximum absolute atomic E-state index is 12.5. The Hall–Kier alpha value is -3.12. The number of anilines is 1. The largest absolute Gasteiger partial charge is 0.466 e. The van der Waals surface area contributed by atoms with Gasteiger partial charge in [0.15, 0.2) is 0 Å². The highest BCUT2D eigenvalue weighted by Gasteiger charge is 2.34. The first-order valence-electron chi connectivity index (χ1n) is 8.69. The van der Waals surface area contributed by atoms with Gasteiger partial charge in [0.2, 0.25) is 0 Å². The fraction of sp³-hybridized carbons (Fsp3) is 0.238. The maximum Gasteiger partial charge on any atom is 0.337 e. The Balaban J connectivity index is 1.82. The lowest BCUT2D eigenvalue weighted by molar-refractivity contribution is -0.136. The number of esters is 1. The third-order valence-electron chi connectivity index (χ3n) is 4.49. The van der Waals surface area contributed by atoms with Crippen molar-refractivity contribution < 1.29 is 19.4 Å². The van der Waals surface area contributed by atoms with Crippen LogP contribution in [0.3, 0.4) is 0 Å². The number of aliphatic hydroxyl groups is 1. The summed E-state index contributed by atoms with van der Waals surface area (Å²) in [6.45, 7) is 2.16. The maximum atomic E-state index is 12.5. The summed E-state index contributed by atoms with van der Waals surface area (Å²) in [7, 11) is 1.28. The van der Waals surface area contributed by atoms with Crippen LogP contribution in [-0.4, -0.2) is 48.7 Å². The molecule has 0 saturated carbocycles. The molecule has 0 spiro atoms. The number of aryl methyl sites for hydroxylation is 1. The van der Waals surface area contributed by atoms with Crippen molar-refractivity contribution in [2.75, 3.05) is 32.1 Å². The number of methoxy groups -OCH3 is 1. The fourth-order valence-electron chi connectivity index (χ4n) is 2.99. The molecule has 1 aliphatic heterocycles. The predicted molar refractivity (Wildman–Crippen MR) is 103 cm³/mol. The average molecular weight is 366 g/mol. The van der Waals surface area contributed by atoms with E-state index < -0.39 is 5.97 Å². The van der Waals surface area contributed by atoms with E-state index in [9.17, 15) is 9.59 Å². The van der Waals surface area contributed by atoms with Gasteiger partial charge in [0.25, 0.3) is 5.91 Å². The number of carbonyl (C=O) groups is 2. The van der Waals surface area contributed by atoms with E-state index in [0.29, 0.717) is 5.69 Å². The first-order valence-corrected chi connectivity index (χ1v) is 8.69. The second-order valence-electron chi connectivity index (χ2n) is 6.36. The van der Waals surface area contributed by atoms with E-state index >= 15 is 0 Å². The molecule has 3 rings (SSSR count). The number of nitrogens with zero attached hydrogens (tertiary/aromatic N) is 1. The topological polar surface area (TPSA) is 78.9 Å². The minimum Gasteiger partial charge on any atom is -0.466 e. The summed E-state index contributed by atoms with van der Waals surface area (Å²) in [5, 5.41) is 12.1. The lowest BCUT2D eigenvalue weighted by Gasteiger charge is -2.15. The van der Waals surface area contributed by atoms with E-state index in [4.69, 9.17) is 9.84 Å². The highest BCUT2D eigenvalue weighted by atomic mass is 16.5. The number of nitrogens with one attached hydrogen (secondary N) is 1. The fourth-order valence-corrected chi connectivity index (χ4v) is 2.99. The smallest absolute Gasteiger partial charge is 0.337 e. The minimum atomic E-state index is -0.553. The van der Waals surface area contributed by atoms with Gasteiger partial charge in [-0.1, -0.05) is 42.0 Å². The zero-order valence-corrected chi connectivity index (χ0v) is 15.4. The summed E-state index contributed by atoms with van der Waals surface area (Å²) in [6.07, 6.45) is 0. The molecule has 0 atom stereocenters. The average Bonchev–Trinajstić information content (AvgIpc) is 2.99. The molecular weight excluding hydrogens is 344 g/mol. The second kappa shape index (κ2) is 8.05. The molecule has 0 saturated heterocycles. The van der Waals surface area contributed by atoms with E-state index in [0.717, 1.165) is 11.1 Å². The summed E-state index contributed by atoms with van der Waals surface area (Å²) in [6, 6.07) is 15.9. The standard InChI is InChI=1S/C21H22N2O4/c1-14-3-5-15(6-4-14)16-7-9-17(10-8-16)22-19-18(21(26)27-2)13-23(11-12-24)20(19)25/h3-10,22,24H,11-13H2,1-2H3. The van der Waals surface area contributed by atoms with Gasteiger partial charge in [0.1, 0.15) is 5.70 Å². The van der Waals surface area contributed by atoms with Crippen LogP contribution in [0.1, 0.15) is 5.56 Å². The number of hydrogen-bond acceptors (Lipinski definition) is 5. The van der Waals surface area contributed by atoms with E-state index in [1.54, 1.807) is 0 Å². The van der Waals surface area contributed by atoms with Crippen molar-refractivity contribution in [1.29, 1.82) is 0 Å². The minimum absolute atomic E-state index is 0.121. The van der Waals surface area contributed by atoms with E-state index in [-0.39, 0.29) is 36.9 Å². The normalized spacial score (nSPS) is 13.9. The van der Waals surface area contributed by atoms with Crippen LogP contribution in [0.2, 0.25) is 0 Å². The Morgan fingerprint density at radius 1 is 1.11 bits per heavy atom. The van der Waals surface area contributed by atoms with E-state index in [1.807, 2.05) is 31.2 Å². The number of benzene rings is 2. The first kappa shape index (κ1) is 18.7. The molecule has 2 N–H and O–H groups in total. The lowest BCUT2D eigenvalue weighted by Crippen LogP contribution is -2.31. The van der Waals surface area contributed by atoms with Crippen LogP contribution in [0.25, 0.3) is 11.1 Å². The van der Waals surface area contributed by atoms with Crippen molar-refractivity contribution in [3.05, 3.63) is 65.4 Å². The molecule has 0 fully saturated rings. The van der Waals surface area contributed by atoms with Gasteiger partial charge in [-0.15, -0.1) is 0 Å². The van der Waals surface area contributed by atoms with Gasteiger partial charge in [0.05, 0.1) is 25.8 Å². The van der Waals surface area contributed by atoms with Gasteiger partial charge >= 0.3 is 5.97 Å². The third kappa shape index (κ3) is 4.01. The van der Waals surface area contributed by atoms with Crippen LogP contribution in [-0.2, 0) is 14.3 Å². The molecular formula is C21H22N2O4. The van der Waals surface area contributed by atoms with E-state index in [1.165, 1.54) is 17.6 Å². The van der Waals surface area contributed by atoms with Crippen molar-refractivity contribution in [3.8, 4) is 11.1 Å². The Morgan fingerprint density at radius 2 is 1.70 bits per heavy atom. The van der Waals surface area contributed by atoms with Gasteiger partial charge in [-0.2, -0.15) is 0 Å². The number of carbonyl (C=O) groups excluding carboxylic acids is 2.